The van der Waals surface area contributed by atoms with Crippen molar-refractivity contribution >= 4 is 5.91 Å². The van der Waals surface area contributed by atoms with Crippen LogP contribution in [0.2, 0.25) is 0 Å². The van der Waals surface area contributed by atoms with Gasteiger partial charge < -0.3 is 10.4 Å². The molecule has 0 aliphatic rings. The van der Waals surface area contributed by atoms with Crippen LogP contribution in [0.25, 0.3) is 0 Å². The Kier molecular flexibility index (Phi) is 4.23. The molecular formula is C13H18FNO2. The van der Waals surface area contributed by atoms with Gasteiger partial charge in [-0.1, -0.05) is 12.1 Å². The fourth-order valence-electron chi connectivity index (χ4n) is 1.46. The maximum Gasteiger partial charge on any atom is 0.230 e. The Morgan fingerprint density at radius 2 is 2.18 bits per heavy atom. The highest BCUT2D eigenvalue weighted by Gasteiger charge is 2.30. The minimum atomic E-state index is -0.828. The quantitative estimate of drug-likeness (QED) is 0.838. The van der Waals surface area contributed by atoms with Crippen LogP contribution in [0.15, 0.2) is 24.3 Å². The summed E-state index contributed by atoms with van der Waals surface area (Å²) in [5.41, 5.74) is -0.217. The van der Waals surface area contributed by atoms with E-state index >= 15 is 0 Å². The lowest BCUT2D eigenvalue weighted by Gasteiger charge is -2.26. The maximum absolute atomic E-state index is 13.1. The molecule has 0 aromatic heterocycles. The molecule has 4 heteroatoms. The molecule has 1 aromatic rings. The summed E-state index contributed by atoms with van der Waals surface area (Å²) in [4.78, 5) is 12.0. The topological polar surface area (TPSA) is 49.3 Å². The maximum atomic E-state index is 13.1. The number of rotatable bonds is 4. The van der Waals surface area contributed by atoms with Crippen LogP contribution in [0, 0.1) is 5.82 Å². The van der Waals surface area contributed by atoms with Crippen molar-refractivity contribution in [2.45, 2.75) is 32.2 Å². The first-order valence-electron chi connectivity index (χ1n) is 5.55. The normalized spacial score (nSPS) is 13.2. The molecule has 0 fully saturated rings. The van der Waals surface area contributed by atoms with Crippen LogP contribution < -0.4 is 5.32 Å². The van der Waals surface area contributed by atoms with Crippen LogP contribution in [0.5, 0.6) is 0 Å². The van der Waals surface area contributed by atoms with Crippen molar-refractivity contribution in [3.05, 3.63) is 35.6 Å². The van der Waals surface area contributed by atoms with E-state index < -0.39 is 5.41 Å². The second kappa shape index (κ2) is 5.27. The molecule has 0 heterocycles. The average Bonchev–Trinajstić information content (AvgIpc) is 2.28. The van der Waals surface area contributed by atoms with Crippen molar-refractivity contribution in [1.29, 1.82) is 0 Å². The van der Waals surface area contributed by atoms with Gasteiger partial charge in [-0.3, -0.25) is 4.79 Å². The highest BCUT2D eigenvalue weighted by atomic mass is 19.1. The fourth-order valence-corrected chi connectivity index (χ4v) is 1.46. The van der Waals surface area contributed by atoms with Gasteiger partial charge in [0.1, 0.15) is 5.82 Å². The second-order valence-electron chi connectivity index (χ2n) is 4.69. The van der Waals surface area contributed by atoms with Crippen molar-refractivity contribution in [2.75, 3.05) is 6.61 Å². The fraction of sp³-hybridized carbons (Fsp3) is 0.462. The number of carbonyl (C=O) groups excluding carboxylic acids is 1. The number of aliphatic hydroxyl groups excluding tert-OH is 1. The van der Waals surface area contributed by atoms with E-state index in [4.69, 9.17) is 5.11 Å². The van der Waals surface area contributed by atoms with E-state index in [0.717, 1.165) is 0 Å². The van der Waals surface area contributed by atoms with Gasteiger partial charge in [0.15, 0.2) is 0 Å². The third kappa shape index (κ3) is 3.27. The molecule has 1 amide bonds. The van der Waals surface area contributed by atoms with Crippen LogP contribution in [0.3, 0.4) is 0 Å². The first kappa shape index (κ1) is 13.6. The number of aliphatic hydroxyl groups is 1. The van der Waals surface area contributed by atoms with Gasteiger partial charge in [-0.15, -0.1) is 0 Å². The van der Waals surface area contributed by atoms with Gasteiger partial charge >= 0.3 is 0 Å². The van der Waals surface area contributed by atoms with Gasteiger partial charge in [0.05, 0.1) is 12.0 Å². The average molecular weight is 239 g/mol. The van der Waals surface area contributed by atoms with Crippen LogP contribution >= 0.6 is 0 Å². The molecule has 1 aromatic carbocycles. The van der Waals surface area contributed by atoms with Crippen molar-refractivity contribution in [3.8, 4) is 0 Å². The summed E-state index contributed by atoms with van der Waals surface area (Å²) in [7, 11) is 0. The molecule has 94 valence electrons. The molecule has 0 spiro atoms. The van der Waals surface area contributed by atoms with Crippen LogP contribution in [-0.4, -0.2) is 23.7 Å². The summed E-state index contributed by atoms with van der Waals surface area (Å²) in [6, 6.07) is 5.67. The molecule has 0 bridgehead atoms. The first-order valence-corrected chi connectivity index (χ1v) is 5.55. The minimum absolute atomic E-state index is 0.120. The molecule has 3 nitrogen and oxygen atoms in total. The summed E-state index contributed by atoms with van der Waals surface area (Å²) < 4.78 is 13.1. The lowest BCUT2D eigenvalue weighted by Crippen LogP contribution is -2.45. The van der Waals surface area contributed by atoms with Crippen molar-refractivity contribution in [2.24, 2.45) is 0 Å². The Labute approximate surface area is 101 Å². The Balaban J connectivity index is 2.90. The zero-order valence-corrected chi connectivity index (χ0v) is 10.3. The van der Waals surface area contributed by atoms with E-state index in [9.17, 15) is 9.18 Å². The smallest absolute Gasteiger partial charge is 0.230 e. The van der Waals surface area contributed by atoms with E-state index in [-0.39, 0.29) is 24.4 Å². The van der Waals surface area contributed by atoms with Crippen LogP contribution in [0.1, 0.15) is 26.3 Å². The Morgan fingerprint density at radius 3 is 2.71 bits per heavy atom. The summed E-state index contributed by atoms with van der Waals surface area (Å²) in [5.74, 6) is -0.594. The van der Waals surface area contributed by atoms with Crippen LogP contribution in [-0.2, 0) is 10.2 Å². The first-order chi connectivity index (χ1) is 7.87. The Bertz CT molecular complexity index is 404. The summed E-state index contributed by atoms with van der Waals surface area (Å²) in [6.07, 6.45) is 0. The molecule has 0 saturated carbocycles. The minimum Gasteiger partial charge on any atom is -0.394 e. The zero-order valence-electron chi connectivity index (χ0n) is 10.3. The molecule has 1 rings (SSSR count). The van der Waals surface area contributed by atoms with E-state index in [0.29, 0.717) is 5.56 Å². The monoisotopic (exact) mass is 239 g/mol. The van der Waals surface area contributed by atoms with Crippen molar-refractivity contribution in [1.82, 2.24) is 5.32 Å². The molecule has 2 N–H and O–H groups in total. The number of halogens is 1. The van der Waals surface area contributed by atoms with Gasteiger partial charge in [0.2, 0.25) is 5.91 Å². The molecule has 17 heavy (non-hydrogen) atoms. The predicted octanol–water partition coefficient (Wildman–Crippen LogP) is 1.60. The number of hydrogen-bond donors (Lipinski definition) is 2. The predicted molar refractivity (Wildman–Crippen MR) is 64.1 cm³/mol. The summed E-state index contributed by atoms with van der Waals surface area (Å²) in [6.45, 7) is 5.03. The highest BCUT2D eigenvalue weighted by molar-refractivity contribution is 5.87. The SMILES string of the molecule is CC(CO)NC(=O)C(C)(C)c1cccc(F)c1. The van der Waals surface area contributed by atoms with Gasteiger partial charge in [-0.25, -0.2) is 4.39 Å². The molecule has 0 aliphatic heterocycles. The molecule has 1 atom stereocenters. The Hall–Kier alpha value is -1.42. The number of nitrogens with one attached hydrogen (secondary N) is 1. The van der Waals surface area contributed by atoms with Gasteiger partial charge in [0, 0.05) is 6.04 Å². The van der Waals surface area contributed by atoms with Gasteiger partial charge in [-0.05, 0) is 38.5 Å². The van der Waals surface area contributed by atoms with Crippen molar-refractivity contribution in [3.63, 3.8) is 0 Å². The molecule has 0 saturated heterocycles. The third-order valence-electron chi connectivity index (χ3n) is 2.77. The number of benzene rings is 1. The highest BCUT2D eigenvalue weighted by Crippen LogP contribution is 2.24. The van der Waals surface area contributed by atoms with Gasteiger partial charge in [-0.2, -0.15) is 0 Å². The molecule has 0 radical (unpaired) electrons. The largest absolute Gasteiger partial charge is 0.394 e. The van der Waals surface area contributed by atoms with E-state index in [1.54, 1.807) is 32.9 Å². The van der Waals surface area contributed by atoms with Crippen molar-refractivity contribution < 1.29 is 14.3 Å². The lowest BCUT2D eigenvalue weighted by molar-refractivity contribution is -0.126. The van der Waals surface area contributed by atoms with E-state index in [2.05, 4.69) is 5.32 Å². The molecular weight excluding hydrogens is 221 g/mol. The Morgan fingerprint density at radius 1 is 1.53 bits per heavy atom. The second-order valence-corrected chi connectivity index (χ2v) is 4.69. The number of carbonyl (C=O) groups is 1. The van der Waals surface area contributed by atoms with Crippen LogP contribution in [0.4, 0.5) is 4.39 Å². The standard InChI is InChI=1S/C13H18FNO2/c1-9(8-16)15-12(17)13(2,3)10-5-4-6-11(14)7-10/h4-7,9,16H,8H2,1-3H3,(H,15,17). The summed E-state index contributed by atoms with van der Waals surface area (Å²) in [5, 5.41) is 11.6. The lowest BCUT2D eigenvalue weighted by atomic mass is 9.83. The number of hydrogen-bond acceptors (Lipinski definition) is 2. The summed E-state index contributed by atoms with van der Waals surface area (Å²) >= 11 is 0. The van der Waals surface area contributed by atoms with E-state index in [1.807, 2.05) is 0 Å². The molecule has 0 aliphatic carbocycles. The molecule has 1 unspecified atom stereocenters. The number of amides is 1. The third-order valence-corrected chi connectivity index (χ3v) is 2.77. The zero-order chi connectivity index (χ0) is 13.1. The van der Waals surface area contributed by atoms with E-state index in [1.165, 1.54) is 12.1 Å². The van der Waals surface area contributed by atoms with Gasteiger partial charge in [0.25, 0.3) is 0 Å².